The number of carbonyl (C=O) groups excluding carboxylic acids is 4. The van der Waals surface area contributed by atoms with Crippen LogP contribution in [0, 0.1) is 6.92 Å². The van der Waals surface area contributed by atoms with Gasteiger partial charge in [-0.25, -0.2) is 9.59 Å². The van der Waals surface area contributed by atoms with Crippen molar-refractivity contribution in [3.63, 3.8) is 0 Å². The number of esters is 1. The Morgan fingerprint density at radius 3 is 1.75 bits per heavy atom. The van der Waals surface area contributed by atoms with Gasteiger partial charge in [-0.2, -0.15) is 0 Å². The Bertz CT molecular complexity index is 1550. The van der Waals surface area contributed by atoms with E-state index in [0.29, 0.717) is 11.1 Å². The van der Waals surface area contributed by atoms with E-state index in [-0.39, 0.29) is 25.1 Å². The average Bonchev–Trinajstić information content (AvgIpc) is 2.99. The first-order valence-corrected chi connectivity index (χ1v) is 16.2. The van der Waals surface area contributed by atoms with Gasteiger partial charge in [0.2, 0.25) is 11.8 Å². The van der Waals surface area contributed by atoms with Crippen molar-refractivity contribution in [1.82, 2.24) is 15.5 Å². The number of alkyl carbamates (subject to hydrolysis) is 1. The Hall–Kier alpha value is -4.86. The monoisotopic (exact) mass is 659 g/mol. The molecule has 3 aromatic carbocycles. The number of aromatic hydroxyl groups is 1. The third-order valence-corrected chi connectivity index (χ3v) is 7.28. The lowest BCUT2D eigenvalue weighted by Crippen LogP contribution is -2.55. The van der Waals surface area contributed by atoms with Crippen LogP contribution in [0.5, 0.6) is 5.75 Å². The molecule has 3 rings (SSSR count). The predicted octanol–water partition coefficient (Wildman–Crippen LogP) is 5.80. The number of hydrogen-bond donors (Lipinski definition) is 3. The Kier molecular flexibility index (Phi) is 12.8. The van der Waals surface area contributed by atoms with Crippen LogP contribution in [0.15, 0.2) is 78.9 Å². The van der Waals surface area contributed by atoms with Gasteiger partial charge in [0.1, 0.15) is 35.1 Å². The number of aryl methyl sites for hydroxylation is 1. The average molecular weight is 660 g/mol. The number of nitrogens with zero attached hydrogens (tertiary/aromatic N) is 1. The predicted molar refractivity (Wildman–Crippen MR) is 184 cm³/mol. The van der Waals surface area contributed by atoms with Crippen molar-refractivity contribution in [3.8, 4) is 5.75 Å². The van der Waals surface area contributed by atoms with Gasteiger partial charge in [-0.05, 0) is 89.8 Å². The molecule has 0 radical (unpaired) electrons. The topological polar surface area (TPSA) is 134 Å². The molecule has 0 aliphatic heterocycles. The number of hydrogen-bond acceptors (Lipinski definition) is 7. The highest BCUT2D eigenvalue weighted by Gasteiger charge is 2.38. The molecule has 0 saturated heterocycles. The van der Waals surface area contributed by atoms with Crippen LogP contribution in [0.25, 0.3) is 0 Å². The molecular weight excluding hydrogens is 610 g/mol. The second-order valence-electron chi connectivity index (χ2n) is 13.7. The molecule has 48 heavy (non-hydrogen) atoms. The Morgan fingerprint density at radius 2 is 1.27 bits per heavy atom. The maximum Gasteiger partial charge on any atom is 0.408 e. The van der Waals surface area contributed by atoms with Gasteiger partial charge in [0, 0.05) is 19.4 Å². The van der Waals surface area contributed by atoms with Crippen molar-refractivity contribution in [1.29, 1.82) is 0 Å². The van der Waals surface area contributed by atoms with Crippen LogP contribution in [0.1, 0.15) is 76.8 Å². The summed E-state index contributed by atoms with van der Waals surface area (Å²) in [6.45, 7) is 13.9. The molecular formula is C38H49N3O7. The molecule has 0 aromatic heterocycles. The van der Waals surface area contributed by atoms with Crippen LogP contribution in [0.2, 0.25) is 0 Å². The summed E-state index contributed by atoms with van der Waals surface area (Å²) < 4.78 is 11.2. The maximum atomic E-state index is 14.5. The minimum absolute atomic E-state index is 0.0246. The summed E-state index contributed by atoms with van der Waals surface area (Å²) in [6.07, 6.45) is -0.491. The summed E-state index contributed by atoms with van der Waals surface area (Å²) in [5.74, 6) is -1.76. The summed E-state index contributed by atoms with van der Waals surface area (Å²) in [5, 5.41) is 15.9. The van der Waals surface area contributed by atoms with Gasteiger partial charge in [-0.15, -0.1) is 0 Å². The van der Waals surface area contributed by atoms with Crippen molar-refractivity contribution in [2.24, 2.45) is 0 Å². The maximum absolute atomic E-state index is 14.5. The molecule has 0 bridgehead atoms. The van der Waals surface area contributed by atoms with Crippen molar-refractivity contribution in [2.45, 2.75) is 97.6 Å². The van der Waals surface area contributed by atoms with Crippen molar-refractivity contribution in [2.75, 3.05) is 6.54 Å². The third-order valence-electron chi connectivity index (χ3n) is 7.28. The zero-order valence-corrected chi connectivity index (χ0v) is 29.2. The highest BCUT2D eigenvalue weighted by atomic mass is 16.6. The fraction of sp³-hybridized carbons (Fsp3) is 0.421. The van der Waals surface area contributed by atoms with E-state index in [1.807, 2.05) is 60.7 Å². The summed E-state index contributed by atoms with van der Waals surface area (Å²) in [4.78, 5) is 56.7. The Labute approximate surface area is 283 Å². The summed E-state index contributed by atoms with van der Waals surface area (Å²) in [7, 11) is 0. The largest absolute Gasteiger partial charge is 0.508 e. The fourth-order valence-corrected chi connectivity index (χ4v) is 5.15. The smallest absolute Gasteiger partial charge is 0.408 e. The number of ether oxygens (including phenoxy) is 2. The van der Waals surface area contributed by atoms with Crippen LogP contribution in [0.4, 0.5) is 4.79 Å². The molecule has 0 fully saturated rings. The molecule has 3 amide bonds. The quantitative estimate of drug-likeness (QED) is 0.210. The minimum atomic E-state index is -1.23. The molecule has 258 valence electrons. The van der Waals surface area contributed by atoms with Gasteiger partial charge in [-0.1, -0.05) is 66.7 Å². The Morgan fingerprint density at radius 1 is 0.750 bits per heavy atom. The molecule has 10 heteroatoms. The molecule has 0 saturated carbocycles. The molecule has 3 atom stereocenters. The van der Waals surface area contributed by atoms with E-state index in [0.717, 1.165) is 11.1 Å². The van der Waals surface area contributed by atoms with Gasteiger partial charge in [0.25, 0.3) is 0 Å². The number of rotatable bonds is 12. The van der Waals surface area contributed by atoms with E-state index in [1.165, 1.54) is 11.0 Å². The first-order chi connectivity index (χ1) is 22.5. The lowest BCUT2D eigenvalue weighted by molar-refractivity contribution is -0.159. The molecule has 3 aromatic rings. The van der Waals surface area contributed by atoms with Crippen LogP contribution >= 0.6 is 0 Å². The molecule has 0 heterocycles. The Balaban J connectivity index is 2.06. The van der Waals surface area contributed by atoms with E-state index in [9.17, 15) is 24.3 Å². The van der Waals surface area contributed by atoms with E-state index in [4.69, 9.17) is 9.47 Å². The summed E-state index contributed by atoms with van der Waals surface area (Å²) >= 11 is 0. The second-order valence-corrected chi connectivity index (χ2v) is 13.7. The molecule has 0 spiro atoms. The number of nitrogens with one attached hydrogen (secondary N) is 2. The van der Waals surface area contributed by atoms with E-state index >= 15 is 0 Å². The highest BCUT2D eigenvalue weighted by Crippen LogP contribution is 2.28. The standard InChI is InChI=1S/C38H49N3O7/c1-9-41(34(44)29(23-26-16-12-10-13-17-26)40-36(46)48-38(6,7)8)32(28-20-21-31(42)25(2)22-28)33(43)39-30(35(45)47-37(3,4)5)24-27-18-14-11-15-19-27/h10-22,29-30,32,42H,9,23-24H2,1-8H3,(H,39,43)(H,40,46). The number of phenolic OH excluding ortho intramolecular Hbond substituents is 1. The normalized spacial score (nSPS) is 13.4. The van der Waals surface area contributed by atoms with E-state index in [1.54, 1.807) is 67.5 Å². The number of carbonyl (C=O) groups is 4. The van der Waals surface area contributed by atoms with Crippen molar-refractivity contribution >= 4 is 23.9 Å². The summed E-state index contributed by atoms with van der Waals surface area (Å²) in [5.41, 5.74) is 0.881. The molecule has 3 unspecified atom stereocenters. The molecule has 0 aliphatic carbocycles. The minimum Gasteiger partial charge on any atom is -0.508 e. The van der Waals surface area contributed by atoms with Crippen LogP contribution in [-0.4, -0.2) is 63.7 Å². The molecule has 0 aliphatic rings. The number of benzene rings is 3. The van der Waals surface area contributed by atoms with Gasteiger partial charge < -0.3 is 30.1 Å². The highest BCUT2D eigenvalue weighted by molar-refractivity contribution is 5.94. The SMILES string of the molecule is CCN(C(=O)C(Cc1ccccc1)NC(=O)OC(C)(C)C)C(C(=O)NC(Cc1ccccc1)C(=O)OC(C)(C)C)c1ccc(O)c(C)c1. The number of amides is 3. The van der Waals surface area contributed by atoms with Gasteiger partial charge in [0.15, 0.2) is 0 Å². The van der Waals surface area contributed by atoms with Crippen LogP contribution < -0.4 is 10.6 Å². The zero-order chi connectivity index (χ0) is 35.6. The number of phenols is 1. The second kappa shape index (κ2) is 16.3. The lowest BCUT2D eigenvalue weighted by Gasteiger charge is -2.35. The molecule has 3 N–H and O–H groups in total. The molecule has 10 nitrogen and oxygen atoms in total. The van der Waals surface area contributed by atoms with Crippen molar-refractivity contribution in [3.05, 3.63) is 101 Å². The van der Waals surface area contributed by atoms with E-state index in [2.05, 4.69) is 10.6 Å². The fourth-order valence-electron chi connectivity index (χ4n) is 5.15. The first-order valence-electron chi connectivity index (χ1n) is 16.2. The first kappa shape index (κ1) is 37.6. The summed E-state index contributed by atoms with van der Waals surface area (Å²) in [6, 6.07) is 19.7. The van der Waals surface area contributed by atoms with Crippen molar-refractivity contribution < 1.29 is 33.8 Å². The van der Waals surface area contributed by atoms with E-state index < -0.39 is 53.2 Å². The van der Waals surface area contributed by atoms with Gasteiger partial charge in [-0.3, -0.25) is 9.59 Å². The number of likely N-dealkylation sites (N-methyl/N-ethyl adjacent to an activating group) is 1. The van der Waals surface area contributed by atoms with Gasteiger partial charge >= 0.3 is 12.1 Å². The van der Waals surface area contributed by atoms with Crippen LogP contribution in [0.3, 0.4) is 0 Å². The third kappa shape index (κ3) is 11.4. The van der Waals surface area contributed by atoms with Gasteiger partial charge in [0.05, 0.1) is 0 Å². The zero-order valence-electron chi connectivity index (χ0n) is 29.2. The lowest BCUT2D eigenvalue weighted by atomic mass is 9.98. The van der Waals surface area contributed by atoms with Crippen LogP contribution in [-0.2, 0) is 36.7 Å².